The molecule has 64 valence electrons. The molecule has 1 nitrogen and oxygen atoms in total. The van der Waals surface area contributed by atoms with Crippen molar-refractivity contribution in [2.45, 2.75) is 19.8 Å². The Hall–Kier alpha value is -0.850. The molecule has 0 heterocycles. The van der Waals surface area contributed by atoms with Gasteiger partial charge in [-0.25, -0.2) is 0 Å². The van der Waals surface area contributed by atoms with Gasteiger partial charge in [0.15, 0.2) is 0 Å². The van der Waals surface area contributed by atoms with E-state index in [0.717, 1.165) is 6.42 Å². The van der Waals surface area contributed by atoms with E-state index in [-0.39, 0.29) is 0 Å². The number of allylic oxidation sites excluding steroid dienone is 3. The summed E-state index contributed by atoms with van der Waals surface area (Å²) in [6.45, 7) is 5.49. The minimum Gasteiger partial charge on any atom is -0.300 e. The van der Waals surface area contributed by atoms with Crippen molar-refractivity contribution < 1.29 is 4.79 Å². The Morgan fingerprint density at radius 1 is 1.67 bits per heavy atom. The number of rotatable bonds is 2. The van der Waals surface area contributed by atoms with Crippen LogP contribution in [0.4, 0.5) is 0 Å². The van der Waals surface area contributed by atoms with Gasteiger partial charge in [-0.05, 0) is 37.2 Å². The molecule has 1 heteroatoms. The molecule has 0 aromatic rings. The Morgan fingerprint density at radius 2 is 2.42 bits per heavy atom. The Morgan fingerprint density at radius 3 is 2.83 bits per heavy atom. The monoisotopic (exact) mass is 162 g/mol. The highest BCUT2D eigenvalue weighted by atomic mass is 16.1. The maximum Gasteiger partial charge on any atom is 0.133 e. The van der Waals surface area contributed by atoms with E-state index in [0.29, 0.717) is 23.5 Å². The number of fused-ring (bicyclic) bond motifs is 2. The number of carbonyl (C=O) groups excluding carboxylic acids is 1. The summed E-state index contributed by atoms with van der Waals surface area (Å²) in [7, 11) is 0. The largest absolute Gasteiger partial charge is 0.300 e. The Labute approximate surface area is 73.2 Å². The molecule has 0 radical (unpaired) electrons. The minimum atomic E-state index is 0.318. The van der Waals surface area contributed by atoms with E-state index >= 15 is 0 Å². The van der Waals surface area contributed by atoms with Crippen LogP contribution in [0.15, 0.2) is 24.3 Å². The second kappa shape index (κ2) is 2.58. The zero-order valence-corrected chi connectivity index (χ0v) is 7.42. The molecule has 12 heavy (non-hydrogen) atoms. The van der Waals surface area contributed by atoms with Crippen LogP contribution in [-0.4, -0.2) is 5.78 Å². The summed E-state index contributed by atoms with van der Waals surface area (Å²) < 4.78 is 0. The average Bonchev–Trinajstić information content (AvgIpc) is 2.60. The lowest BCUT2D eigenvalue weighted by Gasteiger charge is -2.16. The average molecular weight is 162 g/mol. The Kier molecular flexibility index (Phi) is 1.67. The molecule has 3 unspecified atom stereocenters. The van der Waals surface area contributed by atoms with Crippen molar-refractivity contribution in [1.82, 2.24) is 0 Å². The summed E-state index contributed by atoms with van der Waals surface area (Å²) in [4.78, 5) is 11.2. The first kappa shape index (κ1) is 7.78. The van der Waals surface area contributed by atoms with E-state index in [1.165, 1.54) is 12.0 Å². The first-order chi connectivity index (χ1) is 5.72. The van der Waals surface area contributed by atoms with Crippen molar-refractivity contribution in [1.29, 1.82) is 0 Å². The van der Waals surface area contributed by atoms with Gasteiger partial charge in [-0.1, -0.05) is 18.7 Å². The van der Waals surface area contributed by atoms with Crippen LogP contribution in [0.1, 0.15) is 19.8 Å². The molecule has 0 amide bonds. The van der Waals surface area contributed by atoms with Crippen LogP contribution in [0.5, 0.6) is 0 Å². The third-order valence-corrected chi connectivity index (χ3v) is 3.25. The smallest absolute Gasteiger partial charge is 0.133 e. The number of Topliss-reactive ketones (excluding diaryl/α,β-unsaturated/α-hetero) is 1. The normalized spacial score (nSPS) is 38.1. The lowest BCUT2D eigenvalue weighted by Crippen LogP contribution is -2.16. The van der Waals surface area contributed by atoms with Gasteiger partial charge in [0.2, 0.25) is 0 Å². The molecule has 2 aliphatic rings. The molecule has 0 N–H and O–H groups in total. The zero-order valence-electron chi connectivity index (χ0n) is 7.42. The summed E-state index contributed by atoms with van der Waals surface area (Å²) in [5.41, 5.74) is 1.37. The number of ketones is 1. The van der Waals surface area contributed by atoms with E-state index in [9.17, 15) is 4.79 Å². The Bertz CT molecular complexity index is 262. The van der Waals surface area contributed by atoms with Crippen LogP contribution < -0.4 is 0 Å². The number of hydrogen-bond donors (Lipinski definition) is 0. The zero-order chi connectivity index (χ0) is 8.72. The van der Waals surface area contributed by atoms with Gasteiger partial charge in [-0.15, -0.1) is 0 Å². The van der Waals surface area contributed by atoms with Crippen molar-refractivity contribution in [3.05, 3.63) is 24.3 Å². The topological polar surface area (TPSA) is 17.1 Å². The highest BCUT2D eigenvalue weighted by molar-refractivity contribution is 5.79. The quantitative estimate of drug-likeness (QED) is 0.609. The van der Waals surface area contributed by atoms with Crippen molar-refractivity contribution in [3.63, 3.8) is 0 Å². The predicted molar refractivity (Wildman–Crippen MR) is 48.7 cm³/mol. The molecule has 2 bridgehead atoms. The van der Waals surface area contributed by atoms with E-state index in [4.69, 9.17) is 0 Å². The summed E-state index contributed by atoms with van der Waals surface area (Å²) in [5, 5.41) is 0. The molecule has 3 atom stereocenters. The number of hydrogen-bond acceptors (Lipinski definition) is 1. The molecular formula is C11H14O. The second-order valence-corrected chi connectivity index (χ2v) is 3.92. The van der Waals surface area contributed by atoms with Crippen molar-refractivity contribution >= 4 is 5.78 Å². The molecule has 0 aromatic carbocycles. The Balaban J connectivity index is 2.20. The van der Waals surface area contributed by atoms with Crippen LogP contribution in [0.25, 0.3) is 0 Å². The van der Waals surface area contributed by atoms with Gasteiger partial charge in [0.05, 0.1) is 0 Å². The molecule has 0 aliphatic heterocycles. The maximum absolute atomic E-state index is 11.2. The molecule has 2 rings (SSSR count). The summed E-state index contributed by atoms with van der Waals surface area (Å²) in [6, 6.07) is 0. The van der Waals surface area contributed by atoms with E-state index in [2.05, 4.69) is 12.7 Å². The highest BCUT2D eigenvalue weighted by Gasteiger charge is 2.41. The fourth-order valence-corrected chi connectivity index (χ4v) is 2.61. The molecule has 2 aliphatic carbocycles. The first-order valence-corrected chi connectivity index (χ1v) is 4.57. The van der Waals surface area contributed by atoms with E-state index in [1.807, 2.05) is 6.08 Å². The number of carbonyl (C=O) groups is 1. The fraction of sp³-hybridized carbons (Fsp3) is 0.545. The van der Waals surface area contributed by atoms with Crippen molar-refractivity contribution in [2.75, 3.05) is 0 Å². The van der Waals surface area contributed by atoms with Crippen LogP contribution in [0.2, 0.25) is 0 Å². The minimum absolute atomic E-state index is 0.318. The van der Waals surface area contributed by atoms with E-state index < -0.39 is 0 Å². The maximum atomic E-state index is 11.2. The van der Waals surface area contributed by atoms with Gasteiger partial charge >= 0.3 is 0 Å². The van der Waals surface area contributed by atoms with Gasteiger partial charge < -0.3 is 0 Å². The van der Waals surface area contributed by atoms with E-state index in [1.54, 1.807) is 6.92 Å². The van der Waals surface area contributed by atoms with Crippen molar-refractivity contribution in [3.8, 4) is 0 Å². The lowest BCUT2D eigenvalue weighted by atomic mass is 9.87. The van der Waals surface area contributed by atoms with Crippen LogP contribution >= 0.6 is 0 Å². The second-order valence-electron chi connectivity index (χ2n) is 3.92. The summed E-state index contributed by atoms with van der Waals surface area (Å²) in [6.07, 6.45) is 6.44. The third kappa shape index (κ3) is 0.961. The molecule has 0 aromatic heterocycles. The van der Waals surface area contributed by atoms with Crippen LogP contribution in [0, 0.1) is 17.8 Å². The van der Waals surface area contributed by atoms with Crippen molar-refractivity contribution in [2.24, 2.45) is 17.8 Å². The molecule has 1 saturated carbocycles. The highest BCUT2D eigenvalue weighted by Crippen LogP contribution is 2.47. The van der Waals surface area contributed by atoms with Gasteiger partial charge in [0, 0.05) is 5.92 Å². The molecule has 1 fully saturated rings. The first-order valence-electron chi connectivity index (χ1n) is 4.57. The molecular weight excluding hydrogens is 148 g/mol. The van der Waals surface area contributed by atoms with Gasteiger partial charge in [0.1, 0.15) is 5.78 Å². The fourth-order valence-electron chi connectivity index (χ4n) is 2.61. The van der Waals surface area contributed by atoms with Gasteiger partial charge in [0.25, 0.3) is 0 Å². The summed E-state index contributed by atoms with van der Waals surface area (Å²) in [5.74, 6) is 1.85. The lowest BCUT2D eigenvalue weighted by molar-refractivity contribution is -0.121. The SMILES string of the molecule is C=CC1=CC2CC1CC2C(C)=O. The summed E-state index contributed by atoms with van der Waals surface area (Å²) >= 11 is 0. The standard InChI is InChI=1S/C11H14O/c1-3-8-4-10-5-9(8)6-11(10)7(2)12/h3-4,9-11H,1,5-6H2,2H3. The van der Waals surface area contributed by atoms with Crippen LogP contribution in [-0.2, 0) is 4.79 Å². The van der Waals surface area contributed by atoms with Gasteiger partial charge in [-0.2, -0.15) is 0 Å². The van der Waals surface area contributed by atoms with Gasteiger partial charge in [-0.3, -0.25) is 4.79 Å². The molecule has 0 spiro atoms. The predicted octanol–water partition coefficient (Wildman–Crippen LogP) is 2.34. The third-order valence-electron chi connectivity index (χ3n) is 3.25. The molecule has 0 saturated heterocycles. The van der Waals surface area contributed by atoms with Crippen LogP contribution in [0.3, 0.4) is 0 Å².